The molecule has 0 N–H and O–H groups in total. The van der Waals surface area contributed by atoms with E-state index in [0.717, 1.165) is 11.1 Å². The van der Waals surface area contributed by atoms with Crippen molar-refractivity contribution in [3.8, 4) is 11.5 Å². The van der Waals surface area contributed by atoms with Gasteiger partial charge >= 0.3 is 0 Å². The number of para-hydroxylation sites is 2. The highest BCUT2D eigenvalue weighted by atomic mass is 32.2. The van der Waals surface area contributed by atoms with Crippen LogP contribution in [0.15, 0.2) is 47.4 Å². The highest BCUT2D eigenvalue weighted by Crippen LogP contribution is 2.31. The van der Waals surface area contributed by atoms with Crippen molar-refractivity contribution in [1.82, 2.24) is 4.31 Å². The summed E-state index contributed by atoms with van der Waals surface area (Å²) >= 11 is 0. The third-order valence-electron chi connectivity index (χ3n) is 4.28. The molecule has 0 aliphatic carbocycles. The fourth-order valence-electron chi connectivity index (χ4n) is 3.01. The fourth-order valence-corrected chi connectivity index (χ4v) is 4.69. The average Bonchev–Trinajstić information content (AvgIpc) is 2.59. The van der Waals surface area contributed by atoms with E-state index in [1.54, 1.807) is 6.07 Å². The smallest absolute Gasteiger partial charge is 0.243 e. The van der Waals surface area contributed by atoms with Crippen LogP contribution in [0.4, 0.5) is 0 Å². The Bertz CT molecular complexity index is 863. The molecule has 1 heterocycles. The van der Waals surface area contributed by atoms with Gasteiger partial charge in [0.2, 0.25) is 10.0 Å². The number of benzene rings is 2. The van der Waals surface area contributed by atoms with E-state index in [4.69, 9.17) is 9.47 Å². The predicted molar refractivity (Wildman–Crippen MR) is 96.7 cm³/mol. The van der Waals surface area contributed by atoms with E-state index >= 15 is 0 Å². The SMILES string of the molecule is CCN(CC1COc2ccccc2O1)S(=O)(=O)c1ccc(C)cc1C. The molecule has 2 aromatic rings. The second kappa shape index (κ2) is 7.06. The molecule has 0 fully saturated rings. The molecule has 6 heteroatoms. The van der Waals surface area contributed by atoms with E-state index in [-0.39, 0.29) is 12.6 Å². The Morgan fingerprint density at radius 3 is 2.52 bits per heavy atom. The molecular formula is C19H23NO4S. The maximum absolute atomic E-state index is 13.0. The molecule has 1 aliphatic rings. The molecule has 0 bridgehead atoms. The number of rotatable bonds is 5. The molecule has 0 saturated carbocycles. The fraction of sp³-hybridized carbons (Fsp3) is 0.368. The van der Waals surface area contributed by atoms with E-state index < -0.39 is 10.0 Å². The summed E-state index contributed by atoms with van der Waals surface area (Å²) in [6, 6.07) is 12.8. The van der Waals surface area contributed by atoms with Crippen molar-refractivity contribution >= 4 is 10.0 Å². The molecule has 5 nitrogen and oxygen atoms in total. The van der Waals surface area contributed by atoms with Crippen molar-refractivity contribution in [1.29, 1.82) is 0 Å². The monoisotopic (exact) mass is 361 g/mol. The molecular weight excluding hydrogens is 338 g/mol. The normalized spacial score (nSPS) is 16.9. The van der Waals surface area contributed by atoms with Crippen LogP contribution in [-0.4, -0.2) is 38.5 Å². The molecule has 25 heavy (non-hydrogen) atoms. The van der Waals surface area contributed by atoms with Crippen LogP contribution in [0.5, 0.6) is 11.5 Å². The topological polar surface area (TPSA) is 55.8 Å². The van der Waals surface area contributed by atoms with Gasteiger partial charge in [0.15, 0.2) is 11.5 Å². The maximum Gasteiger partial charge on any atom is 0.243 e. The van der Waals surface area contributed by atoms with Crippen LogP contribution in [-0.2, 0) is 10.0 Å². The Balaban J connectivity index is 1.81. The Kier molecular flexibility index (Phi) is 5.01. The van der Waals surface area contributed by atoms with Gasteiger partial charge in [-0.25, -0.2) is 8.42 Å². The van der Waals surface area contributed by atoms with Gasteiger partial charge in [0.05, 0.1) is 11.4 Å². The van der Waals surface area contributed by atoms with Crippen LogP contribution in [0.2, 0.25) is 0 Å². The maximum atomic E-state index is 13.0. The largest absolute Gasteiger partial charge is 0.486 e. The Hall–Kier alpha value is -2.05. The van der Waals surface area contributed by atoms with Crippen molar-refractivity contribution in [2.75, 3.05) is 19.7 Å². The van der Waals surface area contributed by atoms with Gasteiger partial charge in [-0.05, 0) is 37.6 Å². The Labute approximate surface area is 149 Å². The van der Waals surface area contributed by atoms with E-state index in [2.05, 4.69) is 0 Å². The van der Waals surface area contributed by atoms with Gasteiger partial charge in [-0.2, -0.15) is 4.31 Å². The minimum absolute atomic E-state index is 0.250. The molecule has 0 aromatic heterocycles. The van der Waals surface area contributed by atoms with Gasteiger partial charge < -0.3 is 9.47 Å². The van der Waals surface area contributed by atoms with E-state index in [1.165, 1.54) is 4.31 Å². The van der Waals surface area contributed by atoms with Gasteiger partial charge in [0, 0.05) is 6.54 Å². The number of hydrogen-bond donors (Lipinski definition) is 0. The number of nitrogens with zero attached hydrogens (tertiary/aromatic N) is 1. The van der Waals surface area contributed by atoms with Crippen molar-refractivity contribution in [3.05, 3.63) is 53.6 Å². The highest BCUT2D eigenvalue weighted by molar-refractivity contribution is 7.89. The van der Waals surface area contributed by atoms with Crippen molar-refractivity contribution in [3.63, 3.8) is 0 Å². The minimum atomic E-state index is -3.58. The minimum Gasteiger partial charge on any atom is -0.486 e. The van der Waals surface area contributed by atoms with Crippen molar-refractivity contribution < 1.29 is 17.9 Å². The summed E-state index contributed by atoms with van der Waals surface area (Å²) in [4.78, 5) is 0.345. The number of ether oxygens (including phenoxy) is 2. The Morgan fingerprint density at radius 2 is 1.84 bits per heavy atom. The first kappa shape index (κ1) is 17.8. The third-order valence-corrected chi connectivity index (χ3v) is 6.38. The first-order valence-electron chi connectivity index (χ1n) is 8.37. The van der Waals surface area contributed by atoms with Crippen LogP contribution in [0.1, 0.15) is 18.1 Å². The standard InChI is InChI=1S/C19H23NO4S/c1-4-20(25(21,22)19-10-9-14(2)11-15(19)3)12-16-13-23-17-7-5-6-8-18(17)24-16/h5-11,16H,4,12-13H2,1-3H3. The van der Waals surface area contributed by atoms with E-state index in [0.29, 0.717) is 29.5 Å². The summed E-state index contributed by atoms with van der Waals surface area (Å²) < 4.78 is 39.1. The molecule has 2 aromatic carbocycles. The first-order valence-corrected chi connectivity index (χ1v) is 9.81. The van der Waals surface area contributed by atoms with Crippen LogP contribution in [0.25, 0.3) is 0 Å². The summed E-state index contributed by atoms with van der Waals surface area (Å²) in [6.07, 6.45) is -0.338. The quantitative estimate of drug-likeness (QED) is 0.821. The zero-order valence-corrected chi connectivity index (χ0v) is 15.5. The molecule has 3 rings (SSSR count). The van der Waals surface area contributed by atoms with Gasteiger partial charge in [-0.3, -0.25) is 0 Å². The molecule has 0 radical (unpaired) electrons. The Morgan fingerprint density at radius 1 is 1.12 bits per heavy atom. The predicted octanol–water partition coefficient (Wildman–Crippen LogP) is 3.15. The molecule has 0 spiro atoms. The molecule has 0 saturated heterocycles. The van der Waals surface area contributed by atoms with Gasteiger partial charge in [0.1, 0.15) is 12.7 Å². The lowest BCUT2D eigenvalue weighted by atomic mass is 10.2. The van der Waals surface area contributed by atoms with E-state index in [1.807, 2.05) is 57.2 Å². The molecule has 0 amide bonds. The second-order valence-electron chi connectivity index (χ2n) is 6.22. The summed E-state index contributed by atoms with van der Waals surface area (Å²) in [6.45, 7) is 6.56. The first-order chi connectivity index (χ1) is 11.9. The van der Waals surface area contributed by atoms with Crippen LogP contribution < -0.4 is 9.47 Å². The molecule has 1 atom stereocenters. The molecule has 1 unspecified atom stereocenters. The number of sulfonamides is 1. The number of hydrogen-bond acceptors (Lipinski definition) is 4. The van der Waals surface area contributed by atoms with Crippen LogP contribution in [0, 0.1) is 13.8 Å². The summed E-state index contributed by atoms with van der Waals surface area (Å²) in [5.41, 5.74) is 1.80. The summed E-state index contributed by atoms with van der Waals surface area (Å²) in [7, 11) is -3.58. The third kappa shape index (κ3) is 3.65. The van der Waals surface area contributed by atoms with Crippen molar-refractivity contribution in [2.24, 2.45) is 0 Å². The van der Waals surface area contributed by atoms with Gasteiger partial charge in [-0.1, -0.05) is 36.8 Å². The number of fused-ring (bicyclic) bond motifs is 1. The van der Waals surface area contributed by atoms with Crippen molar-refractivity contribution in [2.45, 2.75) is 31.8 Å². The lowest BCUT2D eigenvalue weighted by Gasteiger charge is -2.30. The second-order valence-corrected chi connectivity index (χ2v) is 8.13. The number of aryl methyl sites for hydroxylation is 2. The molecule has 134 valence electrons. The highest BCUT2D eigenvalue weighted by Gasteiger charge is 2.30. The van der Waals surface area contributed by atoms with Gasteiger partial charge in [0.25, 0.3) is 0 Å². The van der Waals surface area contributed by atoms with Crippen LogP contribution >= 0.6 is 0 Å². The summed E-state index contributed by atoms with van der Waals surface area (Å²) in [5.74, 6) is 1.35. The van der Waals surface area contributed by atoms with Crippen LogP contribution in [0.3, 0.4) is 0 Å². The number of likely N-dealkylation sites (N-methyl/N-ethyl adjacent to an activating group) is 1. The lowest BCUT2D eigenvalue weighted by molar-refractivity contribution is 0.0771. The van der Waals surface area contributed by atoms with Gasteiger partial charge in [-0.15, -0.1) is 0 Å². The molecule has 1 aliphatic heterocycles. The lowest BCUT2D eigenvalue weighted by Crippen LogP contribution is -2.43. The van der Waals surface area contributed by atoms with E-state index in [9.17, 15) is 8.42 Å². The average molecular weight is 361 g/mol. The zero-order chi connectivity index (χ0) is 18.0. The zero-order valence-electron chi connectivity index (χ0n) is 14.7. The summed E-state index contributed by atoms with van der Waals surface area (Å²) in [5, 5.41) is 0.